The smallest absolute Gasteiger partial charge is 0.180 e. The van der Waals surface area contributed by atoms with Crippen LogP contribution >= 0.6 is 11.3 Å². The molecule has 3 rings (SSSR count). The Balaban J connectivity index is 1.81. The minimum atomic E-state index is -0.590. The van der Waals surface area contributed by atoms with Crippen LogP contribution in [-0.2, 0) is 0 Å². The summed E-state index contributed by atoms with van der Waals surface area (Å²) in [5, 5.41) is 17.0. The zero-order valence-electron chi connectivity index (χ0n) is 10.5. The molecule has 0 aliphatic rings. The van der Waals surface area contributed by atoms with E-state index in [1.54, 1.807) is 29.9 Å². The van der Waals surface area contributed by atoms with Crippen molar-refractivity contribution in [1.82, 2.24) is 14.4 Å². The maximum Gasteiger partial charge on any atom is 0.180 e. The van der Waals surface area contributed by atoms with Crippen LogP contribution in [0.2, 0.25) is 0 Å². The molecular formula is C12H14N6OS. The summed E-state index contributed by atoms with van der Waals surface area (Å²) in [7, 11) is 0. The Bertz CT molecular complexity index is 695. The SMILES string of the molecule is NNc1cn2ccnc2c(NCC(O)c2ccsc2)n1. The maximum atomic E-state index is 10.1. The molecule has 0 radical (unpaired) electrons. The van der Waals surface area contributed by atoms with E-state index in [0.717, 1.165) is 5.56 Å². The molecular weight excluding hydrogens is 276 g/mol. The zero-order valence-corrected chi connectivity index (χ0v) is 11.3. The average Bonchev–Trinajstić information content (AvgIpc) is 3.14. The number of hydrazine groups is 1. The molecule has 1 atom stereocenters. The van der Waals surface area contributed by atoms with Crippen molar-refractivity contribution in [1.29, 1.82) is 0 Å². The summed E-state index contributed by atoms with van der Waals surface area (Å²) in [5.41, 5.74) is 4.07. The Morgan fingerprint density at radius 2 is 2.40 bits per heavy atom. The predicted molar refractivity (Wildman–Crippen MR) is 78.6 cm³/mol. The molecule has 3 aromatic heterocycles. The molecule has 3 heterocycles. The van der Waals surface area contributed by atoms with Gasteiger partial charge in [-0.3, -0.25) is 0 Å². The van der Waals surface area contributed by atoms with Crippen molar-refractivity contribution in [2.75, 3.05) is 17.3 Å². The van der Waals surface area contributed by atoms with E-state index in [9.17, 15) is 5.11 Å². The van der Waals surface area contributed by atoms with Gasteiger partial charge in [-0.15, -0.1) is 0 Å². The van der Waals surface area contributed by atoms with E-state index in [4.69, 9.17) is 5.84 Å². The van der Waals surface area contributed by atoms with E-state index >= 15 is 0 Å². The van der Waals surface area contributed by atoms with E-state index in [0.29, 0.717) is 23.8 Å². The Morgan fingerprint density at radius 3 is 3.15 bits per heavy atom. The van der Waals surface area contributed by atoms with Gasteiger partial charge in [-0.1, -0.05) is 0 Å². The van der Waals surface area contributed by atoms with Crippen LogP contribution in [0.15, 0.2) is 35.4 Å². The summed E-state index contributed by atoms with van der Waals surface area (Å²) >= 11 is 1.55. The number of aliphatic hydroxyl groups excluding tert-OH is 1. The molecule has 7 nitrogen and oxygen atoms in total. The van der Waals surface area contributed by atoms with E-state index in [-0.39, 0.29) is 0 Å². The molecule has 0 aromatic carbocycles. The summed E-state index contributed by atoms with van der Waals surface area (Å²) in [5.74, 6) is 6.48. The molecule has 104 valence electrons. The molecule has 0 bridgehead atoms. The first-order valence-corrected chi connectivity index (χ1v) is 6.96. The third-order valence-corrected chi connectivity index (χ3v) is 3.61. The van der Waals surface area contributed by atoms with Gasteiger partial charge in [-0.25, -0.2) is 15.8 Å². The molecule has 5 N–H and O–H groups in total. The maximum absolute atomic E-state index is 10.1. The number of aromatic nitrogens is 3. The predicted octanol–water partition coefficient (Wildman–Crippen LogP) is 1.22. The quantitative estimate of drug-likeness (QED) is 0.416. The lowest BCUT2D eigenvalue weighted by molar-refractivity contribution is 0.192. The number of hydrogen-bond acceptors (Lipinski definition) is 7. The van der Waals surface area contributed by atoms with E-state index in [1.165, 1.54) is 0 Å². The van der Waals surface area contributed by atoms with Crippen molar-refractivity contribution in [3.05, 3.63) is 41.0 Å². The van der Waals surface area contributed by atoms with Gasteiger partial charge in [0.1, 0.15) is 0 Å². The number of nitrogens with two attached hydrogens (primary N) is 1. The number of rotatable bonds is 5. The third-order valence-electron chi connectivity index (χ3n) is 2.91. The minimum absolute atomic E-state index is 0.347. The topological polar surface area (TPSA) is 100 Å². The summed E-state index contributed by atoms with van der Waals surface area (Å²) in [4.78, 5) is 8.53. The lowest BCUT2D eigenvalue weighted by atomic mass is 10.2. The lowest BCUT2D eigenvalue weighted by Crippen LogP contribution is -2.15. The summed E-state index contributed by atoms with van der Waals surface area (Å²) < 4.78 is 1.81. The Hall–Kier alpha value is -2.16. The molecule has 0 saturated carbocycles. The summed E-state index contributed by atoms with van der Waals surface area (Å²) in [6, 6.07) is 1.90. The van der Waals surface area contributed by atoms with Crippen LogP contribution in [0.4, 0.5) is 11.6 Å². The molecule has 0 aliphatic heterocycles. The van der Waals surface area contributed by atoms with Crippen LogP contribution in [0.5, 0.6) is 0 Å². The van der Waals surface area contributed by atoms with E-state index in [1.807, 2.05) is 21.2 Å². The van der Waals surface area contributed by atoms with Crippen molar-refractivity contribution < 1.29 is 5.11 Å². The first kappa shape index (κ1) is 12.9. The lowest BCUT2D eigenvalue weighted by Gasteiger charge is -2.12. The number of imidazole rings is 1. The van der Waals surface area contributed by atoms with Crippen LogP contribution in [0, 0.1) is 0 Å². The van der Waals surface area contributed by atoms with Crippen molar-refractivity contribution in [3.63, 3.8) is 0 Å². The average molecular weight is 290 g/mol. The highest BCUT2D eigenvalue weighted by molar-refractivity contribution is 7.07. The molecule has 0 aliphatic carbocycles. The first-order chi connectivity index (χ1) is 9.78. The first-order valence-electron chi connectivity index (χ1n) is 6.02. The molecule has 8 heteroatoms. The molecule has 1 unspecified atom stereocenters. The minimum Gasteiger partial charge on any atom is -0.387 e. The molecule has 0 spiro atoms. The Morgan fingerprint density at radius 1 is 1.50 bits per heavy atom. The highest BCUT2D eigenvalue weighted by atomic mass is 32.1. The van der Waals surface area contributed by atoms with Crippen LogP contribution in [0.25, 0.3) is 5.65 Å². The van der Waals surface area contributed by atoms with Crippen LogP contribution in [0.3, 0.4) is 0 Å². The Kier molecular flexibility index (Phi) is 3.50. The van der Waals surface area contributed by atoms with Crippen molar-refractivity contribution in [2.24, 2.45) is 5.84 Å². The van der Waals surface area contributed by atoms with Crippen molar-refractivity contribution in [2.45, 2.75) is 6.10 Å². The second-order valence-corrected chi connectivity index (χ2v) is 5.01. The van der Waals surface area contributed by atoms with Crippen LogP contribution in [-0.4, -0.2) is 26.0 Å². The van der Waals surface area contributed by atoms with Crippen molar-refractivity contribution in [3.8, 4) is 0 Å². The van der Waals surface area contributed by atoms with Gasteiger partial charge in [0.25, 0.3) is 0 Å². The molecule has 0 amide bonds. The van der Waals surface area contributed by atoms with Crippen LogP contribution in [0.1, 0.15) is 11.7 Å². The number of nitrogen functional groups attached to an aromatic ring is 1. The summed E-state index contributed by atoms with van der Waals surface area (Å²) in [6.45, 7) is 0.347. The van der Waals surface area contributed by atoms with Gasteiger partial charge in [0.2, 0.25) is 0 Å². The highest BCUT2D eigenvalue weighted by Gasteiger charge is 2.11. The number of aliphatic hydroxyl groups is 1. The number of hydrogen-bond donors (Lipinski definition) is 4. The fourth-order valence-electron chi connectivity index (χ4n) is 1.90. The molecule has 20 heavy (non-hydrogen) atoms. The standard InChI is InChI=1S/C12H14N6OS/c13-17-10-6-18-3-2-14-12(18)11(16-10)15-5-9(19)8-1-4-20-7-8/h1-4,6-7,9,17,19H,5,13H2,(H,15,16). The van der Waals surface area contributed by atoms with Gasteiger partial charge >= 0.3 is 0 Å². The van der Waals surface area contributed by atoms with E-state index in [2.05, 4.69) is 20.7 Å². The molecule has 0 saturated heterocycles. The zero-order chi connectivity index (χ0) is 13.9. The van der Waals surface area contributed by atoms with Crippen LogP contribution < -0.4 is 16.6 Å². The largest absolute Gasteiger partial charge is 0.387 e. The van der Waals surface area contributed by atoms with Crippen molar-refractivity contribution >= 4 is 28.6 Å². The van der Waals surface area contributed by atoms with Gasteiger partial charge in [0, 0.05) is 18.9 Å². The van der Waals surface area contributed by atoms with E-state index < -0.39 is 6.10 Å². The molecule has 0 fully saturated rings. The highest BCUT2D eigenvalue weighted by Crippen LogP contribution is 2.19. The number of nitrogens with one attached hydrogen (secondary N) is 2. The van der Waals surface area contributed by atoms with Gasteiger partial charge in [0.05, 0.1) is 12.3 Å². The number of fused-ring (bicyclic) bond motifs is 1. The normalized spacial score (nSPS) is 12.5. The van der Waals surface area contributed by atoms with Gasteiger partial charge < -0.3 is 20.2 Å². The van der Waals surface area contributed by atoms with Gasteiger partial charge in [-0.2, -0.15) is 11.3 Å². The molecule has 3 aromatic rings. The van der Waals surface area contributed by atoms with Gasteiger partial charge in [0.15, 0.2) is 17.3 Å². The second kappa shape index (κ2) is 5.45. The summed E-state index contributed by atoms with van der Waals surface area (Å²) in [6.07, 6.45) is 4.63. The number of nitrogens with zero attached hydrogens (tertiary/aromatic N) is 3. The third kappa shape index (κ3) is 2.44. The number of anilines is 2. The second-order valence-electron chi connectivity index (χ2n) is 4.23. The van der Waals surface area contributed by atoms with Gasteiger partial charge in [-0.05, 0) is 22.4 Å². The monoisotopic (exact) mass is 290 g/mol. The number of thiophene rings is 1. The fourth-order valence-corrected chi connectivity index (χ4v) is 2.60. The Labute approximate surface area is 119 Å². The fraction of sp³-hybridized carbons (Fsp3) is 0.167.